The van der Waals surface area contributed by atoms with Crippen molar-refractivity contribution in [3.63, 3.8) is 0 Å². The fraction of sp³-hybridized carbons (Fsp3) is 0.381. The molecule has 1 saturated carbocycles. The van der Waals surface area contributed by atoms with Gasteiger partial charge in [-0.2, -0.15) is 0 Å². The van der Waals surface area contributed by atoms with Gasteiger partial charge in [0.05, 0.1) is 5.02 Å². The second-order valence-corrected chi connectivity index (χ2v) is 8.41. The standard InChI is InChI=1S/C21H20ClN3O3/c1-20-5-4-15(26)8-18(20)21(11-27-19(23)25-21)16-7-12(2-3-17(16)28-20)13-6-14(22)10-24-9-13/h2-3,6-7,9-10,18H,4-5,8,11H2,1H3,(H2,23,25)/t18-,20?,21+/m1/s1. The number of rotatable bonds is 1. The Hall–Kier alpha value is -2.60. The van der Waals surface area contributed by atoms with Gasteiger partial charge in [-0.05, 0) is 37.1 Å². The van der Waals surface area contributed by atoms with Gasteiger partial charge >= 0.3 is 0 Å². The molecule has 1 aromatic carbocycles. The molecule has 1 fully saturated rings. The Morgan fingerprint density at radius 3 is 2.86 bits per heavy atom. The number of ketones is 1. The molecule has 0 radical (unpaired) electrons. The first-order valence-electron chi connectivity index (χ1n) is 9.34. The number of nitrogens with zero attached hydrogens (tertiary/aromatic N) is 2. The van der Waals surface area contributed by atoms with E-state index in [1.165, 1.54) is 0 Å². The van der Waals surface area contributed by atoms with Gasteiger partial charge in [0.15, 0.2) is 0 Å². The van der Waals surface area contributed by atoms with Crippen LogP contribution in [0.4, 0.5) is 0 Å². The van der Waals surface area contributed by atoms with Crippen LogP contribution in [-0.2, 0) is 15.1 Å². The minimum atomic E-state index is -0.732. The van der Waals surface area contributed by atoms with Crippen LogP contribution in [0.2, 0.25) is 5.02 Å². The second kappa shape index (κ2) is 5.95. The highest BCUT2D eigenvalue weighted by atomic mass is 35.5. The number of nitrogens with two attached hydrogens (primary N) is 1. The smallest absolute Gasteiger partial charge is 0.283 e. The first-order chi connectivity index (χ1) is 13.4. The molecule has 0 saturated heterocycles. The van der Waals surface area contributed by atoms with Crippen molar-refractivity contribution in [3.8, 4) is 16.9 Å². The monoisotopic (exact) mass is 397 g/mol. The summed E-state index contributed by atoms with van der Waals surface area (Å²) in [4.78, 5) is 21.2. The van der Waals surface area contributed by atoms with E-state index < -0.39 is 11.1 Å². The Kier molecular flexibility index (Phi) is 3.72. The number of fused-ring (bicyclic) bond motifs is 4. The number of ether oxygens (including phenoxy) is 2. The number of halogens is 1. The zero-order valence-corrected chi connectivity index (χ0v) is 16.2. The number of carbonyl (C=O) groups is 1. The van der Waals surface area contributed by atoms with Crippen LogP contribution in [0.5, 0.6) is 5.75 Å². The van der Waals surface area contributed by atoms with Crippen LogP contribution in [0.3, 0.4) is 0 Å². The largest absolute Gasteiger partial charge is 0.487 e. The summed E-state index contributed by atoms with van der Waals surface area (Å²) in [7, 11) is 0. The van der Waals surface area contributed by atoms with E-state index in [0.717, 1.165) is 22.4 Å². The summed E-state index contributed by atoms with van der Waals surface area (Å²) in [5.41, 5.74) is 7.46. The van der Waals surface area contributed by atoms with Gasteiger partial charge in [-0.1, -0.05) is 17.7 Å². The summed E-state index contributed by atoms with van der Waals surface area (Å²) in [6.07, 6.45) is 4.95. The van der Waals surface area contributed by atoms with Gasteiger partial charge in [0.25, 0.3) is 6.02 Å². The van der Waals surface area contributed by atoms with Crippen LogP contribution >= 0.6 is 11.6 Å². The van der Waals surface area contributed by atoms with Gasteiger partial charge in [-0.25, -0.2) is 4.99 Å². The first kappa shape index (κ1) is 17.5. The molecule has 2 aromatic rings. The lowest BCUT2D eigenvalue weighted by molar-refractivity contribution is -0.134. The third-order valence-electron chi connectivity index (χ3n) is 6.22. The Balaban J connectivity index is 1.71. The molecule has 1 aromatic heterocycles. The normalized spacial score (nSPS) is 30.9. The molecule has 0 bridgehead atoms. The maximum Gasteiger partial charge on any atom is 0.283 e. The number of pyridine rings is 1. The van der Waals surface area contributed by atoms with Gasteiger partial charge in [0, 0.05) is 42.3 Å². The molecule has 1 aliphatic carbocycles. The third kappa shape index (κ3) is 2.51. The Labute approximate surface area is 167 Å². The topological polar surface area (TPSA) is 86.8 Å². The zero-order valence-electron chi connectivity index (χ0n) is 15.4. The molecule has 0 amide bonds. The summed E-state index contributed by atoms with van der Waals surface area (Å²) in [6, 6.07) is 8.00. The molecular formula is C21H20ClN3O3. The average molecular weight is 398 g/mol. The summed E-state index contributed by atoms with van der Waals surface area (Å²) in [5.74, 6) is 0.848. The van der Waals surface area contributed by atoms with Gasteiger partial charge in [0.1, 0.15) is 29.3 Å². The zero-order chi connectivity index (χ0) is 19.5. The Bertz CT molecular complexity index is 1020. The molecule has 2 N–H and O–H groups in total. The van der Waals surface area contributed by atoms with Gasteiger partial charge in [-0.3, -0.25) is 9.78 Å². The molecule has 1 spiro atoms. The lowest BCUT2D eigenvalue weighted by Gasteiger charge is -2.52. The fourth-order valence-corrected chi connectivity index (χ4v) is 4.98. The van der Waals surface area contributed by atoms with Crippen molar-refractivity contribution in [2.75, 3.05) is 6.61 Å². The summed E-state index contributed by atoms with van der Waals surface area (Å²) in [5, 5.41) is 0.568. The van der Waals surface area contributed by atoms with E-state index in [-0.39, 0.29) is 17.7 Å². The molecule has 3 aliphatic rings. The van der Waals surface area contributed by atoms with Crippen molar-refractivity contribution in [1.82, 2.24) is 4.98 Å². The molecule has 5 rings (SSSR count). The number of amidine groups is 1. The number of benzene rings is 1. The van der Waals surface area contributed by atoms with E-state index in [9.17, 15) is 4.79 Å². The van der Waals surface area contributed by atoms with E-state index in [0.29, 0.717) is 30.9 Å². The number of aromatic nitrogens is 1. The van der Waals surface area contributed by atoms with Crippen molar-refractivity contribution >= 4 is 23.4 Å². The minimum absolute atomic E-state index is 0.137. The Morgan fingerprint density at radius 1 is 1.25 bits per heavy atom. The predicted molar refractivity (Wildman–Crippen MR) is 105 cm³/mol. The van der Waals surface area contributed by atoms with E-state index in [1.807, 2.05) is 24.3 Å². The van der Waals surface area contributed by atoms with Crippen LogP contribution in [0.25, 0.3) is 11.1 Å². The highest BCUT2D eigenvalue weighted by Gasteiger charge is 2.60. The van der Waals surface area contributed by atoms with Crippen molar-refractivity contribution < 1.29 is 14.3 Å². The molecule has 1 unspecified atom stereocenters. The lowest BCUT2D eigenvalue weighted by Crippen LogP contribution is -2.58. The van der Waals surface area contributed by atoms with Crippen molar-refractivity contribution in [2.24, 2.45) is 16.6 Å². The highest BCUT2D eigenvalue weighted by molar-refractivity contribution is 6.30. The van der Waals surface area contributed by atoms with Crippen LogP contribution < -0.4 is 10.5 Å². The van der Waals surface area contributed by atoms with Gasteiger partial charge in [-0.15, -0.1) is 0 Å². The summed E-state index contributed by atoms with van der Waals surface area (Å²) < 4.78 is 12.1. The third-order valence-corrected chi connectivity index (χ3v) is 6.43. The minimum Gasteiger partial charge on any atom is -0.487 e. The number of aliphatic imine (C=N–C) groups is 1. The number of hydrogen-bond acceptors (Lipinski definition) is 6. The van der Waals surface area contributed by atoms with Crippen molar-refractivity contribution in [1.29, 1.82) is 0 Å². The molecule has 7 heteroatoms. The molecule has 144 valence electrons. The summed E-state index contributed by atoms with van der Waals surface area (Å²) in [6.45, 7) is 2.37. The van der Waals surface area contributed by atoms with Crippen LogP contribution in [0.1, 0.15) is 31.7 Å². The summed E-state index contributed by atoms with van der Waals surface area (Å²) >= 11 is 6.12. The van der Waals surface area contributed by atoms with Gasteiger partial charge in [0.2, 0.25) is 0 Å². The first-order valence-corrected chi connectivity index (χ1v) is 9.72. The predicted octanol–water partition coefficient (Wildman–Crippen LogP) is 3.46. The fourth-order valence-electron chi connectivity index (χ4n) is 4.81. The lowest BCUT2D eigenvalue weighted by atomic mass is 9.62. The molecular weight excluding hydrogens is 378 g/mol. The molecule has 28 heavy (non-hydrogen) atoms. The Morgan fingerprint density at radius 2 is 2.11 bits per heavy atom. The van der Waals surface area contributed by atoms with Crippen LogP contribution in [0, 0.1) is 5.92 Å². The maximum absolute atomic E-state index is 12.3. The maximum atomic E-state index is 12.3. The van der Waals surface area contributed by atoms with E-state index in [1.54, 1.807) is 12.4 Å². The molecule has 2 aliphatic heterocycles. The van der Waals surface area contributed by atoms with E-state index in [4.69, 9.17) is 31.8 Å². The van der Waals surface area contributed by atoms with Crippen molar-refractivity contribution in [2.45, 2.75) is 37.3 Å². The highest BCUT2D eigenvalue weighted by Crippen LogP contribution is 2.56. The number of hydrogen-bond donors (Lipinski definition) is 1. The molecule has 3 atom stereocenters. The van der Waals surface area contributed by atoms with E-state index >= 15 is 0 Å². The molecule has 3 heterocycles. The van der Waals surface area contributed by atoms with Crippen LogP contribution in [-0.4, -0.2) is 29.0 Å². The van der Waals surface area contributed by atoms with E-state index in [2.05, 4.69) is 11.9 Å². The number of carbonyl (C=O) groups excluding carboxylic acids is 1. The molecule has 6 nitrogen and oxygen atoms in total. The van der Waals surface area contributed by atoms with Crippen LogP contribution in [0.15, 0.2) is 41.7 Å². The second-order valence-electron chi connectivity index (χ2n) is 7.98. The van der Waals surface area contributed by atoms with Gasteiger partial charge < -0.3 is 15.2 Å². The SMILES string of the molecule is CC12CCC(=O)C[C@H]1[C@]1(COC(N)=N1)c1cc(-c3cncc(Cl)c3)ccc1O2. The quantitative estimate of drug-likeness (QED) is 0.796. The average Bonchev–Trinajstić information content (AvgIpc) is 3.06. The number of Topliss-reactive ketones (excluding diaryl/α,β-unsaturated/α-hetero) is 1. The van der Waals surface area contributed by atoms with Crippen molar-refractivity contribution in [3.05, 3.63) is 47.2 Å².